The van der Waals surface area contributed by atoms with E-state index in [4.69, 9.17) is 8.75 Å². The number of anilines is 2. The smallest absolute Gasteiger partial charge is 0.113 e. The summed E-state index contributed by atoms with van der Waals surface area (Å²) >= 11 is 1.27. The van der Waals surface area contributed by atoms with E-state index in [1.807, 2.05) is 0 Å². The largest absolute Gasteiger partial charge is 0.372 e. The Labute approximate surface area is 315 Å². The van der Waals surface area contributed by atoms with Crippen LogP contribution in [0.15, 0.2) is 73.8 Å². The Balaban J connectivity index is 1.48. The highest BCUT2D eigenvalue weighted by Gasteiger charge is 2.17. The normalized spacial score (nSPS) is 11.3. The molecule has 51 heavy (non-hydrogen) atoms. The fraction of sp³-hybridized carbons (Fsp3) is 0.522. The van der Waals surface area contributed by atoms with Crippen molar-refractivity contribution < 1.29 is 0 Å². The first-order valence-electron chi connectivity index (χ1n) is 20.4. The average molecular weight is 707 g/mol. The minimum Gasteiger partial charge on any atom is -0.372 e. The number of unbranched alkanes of at least 4 members (excludes halogenated alkanes) is 12. The third-order valence-corrected chi connectivity index (χ3v) is 10.9. The molecule has 0 aliphatic heterocycles. The summed E-state index contributed by atoms with van der Waals surface area (Å²) in [6.45, 7) is 22.8. The number of fused-ring (bicyclic) bond motifs is 1. The van der Waals surface area contributed by atoms with E-state index in [2.05, 4.69) is 111 Å². The van der Waals surface area contributed by atoms with Gasteiger partial charge in [-0.05, 0) is 72.2 Å². The van der Waals surface area contributed by atoms with E-state index >= 15 is 0 Å². The SMILES string of the molecule is C=C(c1ccc(N(CCCCCC)CCCCCC)cc1)c1ccc(C(=C)c2ccc(N(CCCCCC)CCCCCC)cc2)c2nsnc12. The van der Waals surface area contributed by atoms with Gasteiger partial charge in [0.15, 0.2) is 0 Å². The Bertz CT molecular complexity index is 1440. The van der Waals surface area contributed by atoms with Gasteiger partial charge in [0.2, 0.25) is 0 Å². The number of rotatable bonds is 26. The van der Waals surface area contributed by atoms with Gasteiger partial charge in [-0.3, -0.25) is 0 Å². The lowest BCUT2D eigenvalue weighted by Crippen LogP contribution is -2.25. The summed E-state index contributed by atoms with van der Waals surface area (Å²) < 4.78 is 9.56. The zero-order chi connectivity index (χ0) is 36.3. The molecule has 276 valence electrons. The third kappa shape index (κ3) is 12.1. The van der Waals surface area contributed by atoms with Crippen LogP contribution in [0.3, 0.4) is 0 Å². The second kappa shape index (κ2) is 22.5. The molecule has 0 atom stereocenters. The molecule has 0 spiro atoms. The first kappa shape index (κ1) is 40.3. The lowest BCUT2D eigenvalue weighted by atomic mass is 9.93. The van der Waals surface area contributed by atoms with Crippen molar-refractivity contribution in [3.05, 3.63) is 96.1 Å². The summed E-state index contributed by atoms with van der Waals surface area (Å²) in [6, 6.07) is 22.4. The molecule has 4 rings (SSSR count). The van der Waals surface area contributed by atoms with Crippen LogP contribution in [-0.2, 0) is 0 Å². The highest BCUT2D eigenvalue weighted by atomic mass is 32.1. The van der Waals surface area contributed by atoms with Crippen LogP contribution in [0.5, 0.6) is 0 Å². The van der Waals surface area contributed by atoms with Crippen LogP contribution in [0.4, 0.5) is 11.4 Å². The summed E-state index contributed by atoms with van der Waals surface area (Å²) in [5.74, 6) is 0. The molecule has 0 saturated heterocycles. The molecule has 5 heteroatoms. The fourth-order valence-electron chi connectivity index (χ4n) is 7.07. The molecule has 1 heterocycles. The number of hydrogen-bond donors (Lipinski definition) is 0. The molecule has 0 radical (unpaired) electrons. The molecule has 4 aromatic rings. The summed E-state index contributed by atoms with van der Waals surface area (Å²) in [5.41, 5.74) is 10.7. The van der Waals surface area contributed by atoms with E-state index in [1.54, 1.807) is 0 Å². The Hall–Kier alpha value is -3.44. The van der Waals surface area contributed by atoms with E-state index in [9.17, 15) is 0 Å². The molecule has 0 amide bonds. The van der Waals surface area contributed by atoms with Crippen molar-refractivity contribution in [1.82, 2.24) is 8.75 Å². The number of aromatic nitrogens is 2. The average Bonchev–Trinajstić information content (AvgIpc) is 3.66. The van der Waals surface area contributed by atoms with E-state index < -0.39 is 0 Å². The summed E-state index contributed by atoms with van der Waals surface area (Å²) in [6.07, 6.45) is 20.6. The molecule has 0 unspecified atom stereocenters. The molecule has 0 N–H and O–H groups in total. The van der Waals surface area contributed by atoms with Crippen molar-refractivity contribution in [1.29, 1.82) is 0 Å². The van der Waals surface area contributed by atoms with Gasteiger partial charge in [0.05, 0.1) is 11.7 Å². The van der Waals surface area contributed by atoms with Crippen LogP contribution < -0.4 is 9.80 Å². The minimum absolute atomic E-state index is 0.906. The highest BCUT2D eigenvalue weighted by molar-refractivity contribution is 7.00. The zero-order valence-corrected chi connectivity index (χ0v) is 33.3. The Morgan fingerprint density at radius 1 is 0.451 bits per heavy atom. The first-order chi connectivity index (χ1) is 25.0. The van der Waals surface area contributed by atoms with Crippen molar-refractivity contribution in [2.45, 2.75) is 130 Å². The lowest BCUT2D eigenvalue weighted by molar-refractivity contribution is 0.609. The zero-order valence-electron chi connectivity index (χ0n) is 32.5. The van der Waals surface area contributed by atoms with Gasteiger partial charge in [-0.15, -0.1) is 0 Å². The predicted octanol–water partition coefficient (Wildman–Crippen LogP) is 13.7. The monoisotopic (exact) mass is 707 g/mol. The number of nitrogens with zero attached hydrogens (tertiary/aromatic N) is 4. The van der Waals surface area contributed by atoms with Gasteiger partial charge in [0.25, 0.3) is 0 Å². The summed E-state index contributed by atoms with van der Waals surface area (Å²) in [7, 11) is 0. The van der Waals surface area contributed by atoms with Crippen molar-refractivity contribution in [3.8, 4) is 0 Å². The second-order valence-electron chi connectivity index (χ2n) is 14.4. The van der Waals surface area contributed by atoms with Crippen molar-refractivity contribution in [2.24, 2.45) is 0 Å². The van der Waals surface area contributed by atoms with Crippen LogP contribution in [0.1, 0.15) is 153 Å². The van der Waals surface area contributed by atoms with Crippen LogP contribution in [-0.4, -0.2) is 34.9 Å². The van der Waals surface area contributed by atoms with Gasteiger partial charge in [-0.1, -0.05) is 154 Å². The van der Waals surface area contributed by atoms with Crippen molar-refractivity contribution in [2.75, 3.05) is 36.0 Å². The van der Waals surface area contributed by atoms with E-state index in [0.717, 1.165) is 70.6 Å². The van der Waals surface area contributed by atoms with E-state index in [0.29, 0.717) is 0 Å². The highest BCUT2D eigenvalue weighted by Crippen LogP contribution is 2.35. The molecular formula is C46H66N4S. The van der Waals surface area contributed by atoms with Gasteiger partial charge >= 0.3 is 0 Å². The van der Waals surface area contributed by atoms with Crippen molar-refractivity contribution >= 4 is 45.3 Å². The Morgan fingerprint density at radius 3 is 1.06 bits per heavy atom. The molecule has 0 aliphatic rings. The standard InChI is InChI=1S/C46H66N4S/c1-7-11-15-19-33-49(34-20-16-12-8-2)41-27-23-39(24-28-41)37(5)43-31-32-44(46-45(43)47-51-48-46)38(6)40-25-29-42(30-26-40)50(35-21-17-13-9-3)36-22-18-14-10-4/h23-32H,5-22,33-36H2,1-4H3. The molecule has 0 aliphatic carbocycles. The Kier molecular flexibility index (Phi) is 17.8. The second-order valence-corrected chi connectivity index (χ2v) is 14.9. The van der Waals surface area contributed by atoms with Gasteiger partial charge in [-0.25, -0.2) is 0 Å². The molecule has 0 saturated carbocycles. The molecule has 4 nitrogen and oxygen atoms in total. The minimum atomic E-state index is 0.906. The van der Waals surface area contributed by atoms with Gasteiger partial charge in [0.1, 0.15) is 11.0 Å². The predicted molar refractivity (Wildman–Crippen MR) is 228 cm³/mol. The molecular weight excluding hydrogens is 641 g/mol. The maximum atomic E-state index is 4.78. The van der Waals surface area contributed by atoms with Crippen molar-refractivity contribution in [3.63, 3.8) is 0 Å². The van der Waals surface area contributed by atoms with Crippen LogP contribution in [0.2, 0.25) is 0 Å². The van der Waals surface area contributed by atoms with Crippen LogP contribution in [0, 0.1) is 0 Å². The molecule has 0 bridgehead atoms. The maximum absolute atomic E-state index is 4.78. The number of benzene rings is 3. The lowest BCUT2D eigenvalue weighted by Gasteiger charge is -2.25. The van der Waals surface area contributed by atoms with Gasteiger partial charge in [0, 0.05) is 48.7 Å². The van der Waals surface area contributed by atoms with Gasteiger partial charge < -0.3 is 9.80 Å². The van der Waals surface area contributed by atoms with E-state index in [-0.39, 0.29) is 0 Å². The van der Waals surface area contributed by atoms with E-state index in [1.165, 1.54) is 126 Å². The maximum Gasteiger partial charge on any atom is 0.113 e. The first-order valence-corrected chi connectivity index (χ1v) is 21.1. The third-order valence-electron chi connectivity index (χ3n) is 10.4. The van der Waals surface area contributed by atoms with Gasteiger partial charge in [-0.2, -0.15) is 8.75 Å². The topological polar surface area (TPSA) is 32.3 Å². The van der Waals surface area contributed by atoms with Crippen LogP contribution >= 0.6 is 11.7 Å². The summed E-state index contributed by atoms with van der Waals surface area (Å²) in [4.78, 5) is 5.18. The summed E-state index contributed by atoms with van der Waals surface area (Å²) in [5, 5.41) is 0. The molecule has 3 aromatic carbocycles. The van der Waals surface area contributed by atoms with Crippen LogP contribution in [0.25, 0.3) is 22.2 Å². The molecule has 1 aromatic heterocycles. The Morgan fingerprint density at radius 2 is 0.765 bits per heavy atom. The quantitative estimate of drug-likeness (QED) is 0.0609. The fourth-order valence-corrected chi connectivity index (χ4v) is 7.64. The number of hydrogen-bond acceptors (Lipinski definition) is 5. The molecule has 0 fully saturated rings.